The second kappa shape index (κ2) is 14.0. The molecule has 0 amide bonds. The lowest BCUT2D eigenvalue weighted by Crippen LogP contribution is -2.55. The number of nitro benzene ring substituents is 1. The number of nitrogens with one attached hydrogen (secondary N) is 1. The summed E-state index contributed by atoms with van der Waals surface area (Å²) in [5.74, 6) is -4.79. The lowest BCUT2D eigenvalue weighted by atomic mass is 9.61. The van der Waals surface area contributed by atoms with Gasteiger partial charge in [0.2, 0.25) is 0 Å². The highest BCUT2D eigenvalue weighted by Crippen LogP contribution is 2.47. The predicted molar refractivity (Wildman–Crippen MR) is 168 cm³/mol. The molecule has 1 aliphatic rings. The number of anilines is 1. The smallest absolute Gasteiger partial charge is 0.315 e. The van der Waals surface area contributed by atoms with Crippen LogP contribution in [0, 0.1) is 22.0 Å². The SMILES string of the molecule is C[C@]1(O)C/C(=N/Nc2ccccc2)[C@@H](C(=O)OCc2ccccc2)[C@H](c2ccc([N+](=O)[O-])cc2)[C@@H]1C(=O)OCc1ccccc1. The molecule has 1 fully saturated rings. The third kappa shape index (κ3) is 7.60. The van der Waals surface area contributed by atoms with E-state index in [0.717, 1.165) is 11.1 Å². The molecule has 4 aromatic carbocycles. The van der Waals surface area contributed by atoms with Gasteiger partial charge in [0.15, 0.2) is 0 Å². The number of rotatable bonds is 10. The first-order valence-corrected chi connectivity index (χ1v) is 14.5. The highest BCUT2D eigenvalue weighted by Gasteiger charge is 2.56. The van der Waals surface area contributed by atoms with Gasteiger partial charge in [0.05, 0.1) is 27.8 Å². The predicted octanol–water partition coefficient (Wildman–Crippen LogP) is 6.02. The van der Waals surface area contributed by atoms with E-state index < -0.39 is 40.2 Å². The Labute approximate surface area is 260 Å². The van der Waals surface area contributed by atoms with Gasteiger partial charge in [-0.25, -0.2) is 0 Å². The molecule has 0 aliphatic heterocycles. The molecule has 5 rings (SSSR count). The van der Waals surface area contributed by atoms with Crippen LogP contribution in [0.4, 0.5) is 11.4 Å². The van der Waals surface area contributed by atoms with Crippen LogP contribution in [0.1, 0.15) is 36.0 Å². The van der Waals surface area contributed by atoms with Crippen molar-refractivity contribution in [1.29, 1.82) is 0 Å². The van der Waals surface area contributed by atoms with E-state index in [1.54, 1.807) is 12.1 Å². The molecule has 10 heteroatoms. The number of nitrogens with zero attached hydrogens (tertiary/aromatic N) is 2. The Kier molecular flexibility index (Phi) is 9.64. The topological polar surface area (TPSA) is 140 Å². The molecule has 4 aromatic rings. The number of aliphatic hydroxyl groups is 1. The number of hydrazone groups is 1. The number of hydrogen-bond donors (Lipinski definition) is 2. The van der Waals surface area contributed by atoms with Crippen LogP contribution in [-0.4, -0.2) is 33.3 Å². The fourth-order valence-corrected chi connectivity index (χ4v) is 5.65. The number of non-ortho nitro benzene ring substituents is 1. The number of ether oxygens (including phenoxy) is 2. The van der Waals surface area contributed by atoms with Crippen LogP contribution < -0.4 is 5.43 Å². The average molecular weight is 608 g/mol. The highest BCUT2D eigenvalue weighted by molar-refractivity contribution is 6.06. The first-order valence-electron chi connectivity index (χ1n) is 14.5. The number of benzene rings is 4. The minimum atomic E-state index is -1.71. The van der Waals surface area contributed by atoms with Gasteiger partial charge in [-0.1, -0.05) is 91.0 Å². The van der Waals surface area contributed by atoms with Crippen molar-refractivity contribution >= 4 is 29.0 Å². The van der Waals surface area contributed by atoms with E-state index in [9.17, 15) is 24.8 Å². The third-order valence-corrected chi connectivity index (χ3v) is 7.83. The maximum atomic E-state index is 14.0. The van der Waals surface area contributed by atoms with Gasteiger partial charge in [0, 0.05) is 24.5 Å². The summed E-state index contributed by atoms with van der Waals surface area (Å²) in [6, 6.07) is 32.9. The molecule has 0 spiro atoms. The normalized spacial score (nSPS) is 21.9. The van der Waals surface area contributed by atoms with E-state index in [4.69, 9.17) is 9.47 Å². The van der Waals surface area contributed by atoms with Crippen molar-refractivity contribution in [3.63, 3.8) is 0 Å². The van der Waals surface area contributed by atoms with E-state index in [1.807, 2.05) is 78.9 Å². The molecule has 2 N–H and O–H groups in total. The largest absolute Gasteiger partial charge is 0.461 e. The van der Waals surface area contributed by atoms with Crippen molar-refractivity contribution < 1.29 is 29.1 Å². The molecule has 0 radical (unpaired) electrons. The van der Waals surface area contributed by atoms with Crippen molar-refractivity contribution in [3.8, 4) is 0 Å². The Bertz CT molecular complexity index is 1640. The maximum Gasteiger partial charge on any atom is 0.315 e. The molecular formula is C35H33N3O7. The molecular weight excluding hydrogens is 574 g/mol. The van der Waals surface area contributed by atoms with E-state index in [0.29, 0.717) is 11.3 Å². The van der Waals surface area contributed by atoms with Gasteiger partial charge in [-0.15, -0.1) is 0 Å². The molecule has 4 atom stereocenters. The number of esters is 2. The molecule has 0 unspecified atom stereocenters. The fourth-order valence-electron chi connectivity index (χ4n) is 5.65. The lowest BCUT2D eigenvalue weighted by Gasteiger charge is -2.45. The van der Waals surface area contributed by atoms with E-state index in [2.05, 4.69) is 10.5 Å². The molecule has 0 aromatic heterocycles. The summed E-state index contributed by atoms with van der Waals surface area (Å²) < 4.78 is 11.5. The average Bonchev–Trinajstić information content (AvgIpc) is 3.06. The van der Waals surface area contributed by atoms with Gasteiger partial charge in [0.25, 0.3) is 5.69 Å². The van der Waals surface area contributed by atoms with Crippen LogP contribution in [0.25, 0.3) is 0 Å². The Morgan fingerprint density at radius 1 is 0.844 bits per heavy atom. The first kappa shape index (κ1) is 31.1. The zero-order valence-electron chi connectivity index (χ0n) is 24.6. The van der Waals surface area contributed by atoms with Crippen molar-refractivity contribution in [2.24, 2.45) is 16.9 Å². The Hall–Kier alpha value is -5.35. The van der Waals surface area contributed by atoms with Crippen LogP contribution in [0.5, 0.6) is 0 Å². The van der Waals surface area contributed by atoms with E-state index in [-0.39, 0.29) is 31.0 Å². The summed E-state index contributed by atoms with van der Waals surface area (Å²) in [4.78, 5) is 38.8. The van der Waals surface area contributed by atoms with Crippen molar-refractivity contribution in [1.82, 2.24) is 0 Å². The summed E-state index contributed by atoms with van der Waals surface area (Å²) >= 11 is 0. The van der Waals surface area contributed by atoms with E-state index in [1.165, 1.54) is 31.2 Å². The van der Waals surface area contributed by atoms with Crippen LogP contribution in [-0.2, 0) is 32.3 Å². The molecule has 1 saturated carbocycles. The second-order valence-electron chi connectivity index (χ2n) is 11.1. The minimum Gasteiger partial charge on any atom is -0.461 e. The quantitative estimate of drug-likeness (QED) is 0.127. The number of hydrogen-bond acceptors (Lipinski definition) is 9. The lowest BCUT2D eigenvalue weighted by molar-refractivity contribution is -0.384. The number of nitro groups is 1. The first-order chi connectivity index (χ1) is 21.7. The van der Waals surface area contributed by atoms with Gasteiger partial charge >= 0.3 is 11.9 Å². The van der Waals surface area contributed by atoms with Crippen LogP contribution in [0.2, 0.25) is 0 Å². The van der Waals surface area contributed by atoms with Gasteiger partial charge < -0.3 is 14.6 Å². The highest BCUT2D eigenvalue weighted by atomic mass is 16.6. The Balaban J connectivity index is 1.57. The summed E-state index contributed by atoms with van der Waals surface area (Å²) in [5.41, 5.74) is 3.93. The summed E-state index contributed by atoms with van der Waals surface area (Å²) in [6.45, 7) is 1.43. The molecule has 10 nitrogen and oxygen atoms in total. The molecule has 0 saturated heterocycles. The van der Waals surface area contributed by atoms with Crippen LogP contribution in [0.15, 0.2) is 120 Å². The van der Waals surface area contributed by atoms with Crippen LogP contribution in [0.3, 0.4) is 0 Å². The second-order valence-corrected chi connectivity index (χ2v) is 11.1. The van der Waals surface area contributed by atoms with Crippen molar-refractivity contribution in [2.45, 2.75) is 38.1 Å². The van der Waals surface area contributed by atoms with Crippen LogP contribution >= 0.6 is 0 Å². The van der Waals surface area contributed by atoms with Crippen molar-refractivity contribution in [2.75, 3.05) is 5.43 Å². The Morgan fingerprint density at radius 3 is 1.89 bits per heavy atom. The summed E-state index contributed by atoms with van der Waals surface area (Å²) in [5, 5.41) is 27.9. The Morgan fingerprint density at radius 2 is 1.36 bits per heavy atom. The molecule has 45 heavy (non-hydrogen) atoms. The zero-order valence-corrected chi connectivity index (χ0v) is 24.6. The zero-order chi connectivity index (χ0) is 31.8. The molecule has 0 bridgehead atoms. The van der Waals surface area contributed by atoms with Gasteiger partial charge in [0.1, 0.15) is 19.1 Å². The number of para-hydroxylation sites is 1. The van der Waals surface area contributed by atoms with Gasteiger partial charge in [-0.3, -0.25) is 25.1 Å². The number of carbonyl (C=O) groups is 2. The number of carbonyl (C=O) groups excluding carboxylic acids is 2. The molecule has 1 aliphatic carbocycles. The minimum absolute atomic E-state index is 0.0257. The maximum absolute atomic E-state index is 14.0. The summed E-state index contributed by atoms with van der Waals surface area (Å²) in [6.07, 6.45) is -0.146. The van der Waals surface area contributed by atoms with Crippen molar-refractivity contribution in [3.05, 3.63) is 142 Å². The fraction of sp³-hybridized carbons (Fsp3) is 0.229. The summed E-state index contributed by atoms with van der Waals surface area (Å²) in [7, 11) is 0. The third-order valence-electron chi connectivity index (χ3n) is 7.83. The van der Waals surface area contributed by atoms with Gasteiger partial charge in [-0.2, -0.15) is 5.10 Å². The standard InChI is InChI=1S/C35H33N3O7/c1-35(41)21-29(37-36-27-15-9-4-10-16-27)31(33(39)44-22-24-11-5-2-6-12-24)30(26-17-19-28(20-18-26)38(42)43)32(35)34(40)45-23-25-13-7-3-8-14-25/h2-20,30-32,36,41H,21-23H2,1H3/b37-29-/t30-,31+,32+,35-/m0/s1. The van der Waals surface area contributed by atoms with Gasteiger partial charge in [-0.05, 0) is 35.7 Å². The van der Waals surface area contributed by atoms with E-state index >= 15 is 0 Å². The monoisotopic (exact) mass is 607 g/mol. The molecule has 230 valence electrons. The molecule has 0 heterocycles.